The summed E-state index contributed by atoms with van der Waals surface area (Å²) in [4.78, 5) is 0. The molecule has 1 aromatic carbocycles. The zero-order valence-corrected chi connectivity index (χ0v) is 9.84. The second-order valence-corrected chi connectivity index (χ2v) is 4.00. The third kappa shape index (κ3) is 1.75. The van der Waals surface area contributed by atoms with Gasteiger partial charge < -0.3 is 11.5 Å². The van der Waals surface area contributed by atoms with Crippen molar-refractivity contribution in [2.45, 2.75) is 26.9 Å². The lowest BCUT2D eigenvalue weighted by molar-refractivity contribution is 0.997. The maximum atomic E-state index is 6.09. The zero-order chi connectivity index (χ0) is 10.9. The molecule has 0 unspecified atom stereocenters. The third-order valence-corrected chi connectivity index (χ3v) is 3.53. The van der Waals surface area contributed by atoms with Crippen molar-refractivity contribution in [1.82, 2.24) is 0 Å². The van der Waals surface area contributed by atoms with Crippen LogP contribution in [0.15, 0.2) is 0 Å². The first-order chi connectivity index (χ1) is 6.54. The fourth-order valence-electron chi connectivity index (χ4n) is 1.53. The quantitative estimate of drug-likeness (QED) is 0.824. The molecule has 0 aliphatic rings. The van der Waals surface area contributed by atoms with Crippen LogP contribution in [0.2, 0.25) is 10.0 Å². The zero-order valence-electron chi connectivity index (χ0n) is 8.32. The number of halogens is 2. The van der Waals surface area contributed by atoms with E-state index in [4.69, 9.17) is 34.7 Å². The Morgan fingerprint density at radius 3 is 1.36 bits per heavy atom. The van der Waals surface area contributed by atoms with Crippen LogP contribution in [-0.2, 0) is 13.1 Å². The number of hydrogen-bond donors (Lipinski definition) is 2. The highest BCUT2D eigenvalue weighted by atomic mass is 35.5. The topological polar surface area (TPSA) is 52.0 Å². The van der Waals surface area contributed by atoms with Crippen molar-refractivity contribution in [1.29, 1.82) is 0 Å². The third-order valence-electron chi connectivity index (χ3n) is 2.60. The Hall–Kier alpha value is -0.280. The molecular weight excluding hydrogens is 219 g/mol. The van der Waals surface area contributed by atoms with Gasteiger partial charge in [-0.05, 0) is 36.1 Å². The minimum Gasteiger partial charge on any atom is -0.326 e. The van der Waals surface area contributed by atoms with E-state index in [-0.39, 0.29) is 0 Å². The Bertz CT molecular complexity index is 298. The van der Waals surface area contributed by atoms with Gasteiger partial charge in [0.05, 0.1) is 10.0 Å². The van der Waals surface area contributed by atoms with Gasteiger partial charge in [-0.1, -0.05) is 23.2 Å². The van der Waals surface area contributed by atoms with Crippen LogP contribution >= 0.6 is 23.2 Å². The van der Waals surface area contributed by atoms with E-state index in [1.165, 1.54) is 0 Å². The molecule has 4 N–H and O–H groups in total. The van der Waals surface area contributed by atoms with Crippen LogP contribution in [0.1, 0.15) is 22.3 Å². The van der Waals surface area contributed by atoms with Crippen molar-refractivity contribution in [3.8, 4) is 0 Å². The first kappa shape index (κ1) is 11.8. The number of nitrogens with two attached hydrogens (primary N) is 2. The minimum atomic E-state index is 0.399. The second kappa shape index (κ2) is 4.49. The predicted octanol–water partition coefficient (Wildman–Crippen LogP) is 2.53. The summed E-state index contributed by atoms with van der Waals surface area (Å²) in [6.45, 7) is 4.77. The molecule has 0 saturated carbocycles. The van der Waals surface area contributed by atoms with Gasteiger partial charge in [0.25, 0.3) is 0 Å². The largest absolute Gasteiger partial charge is 0.326 e. The van der Waals surface area contributed by atoms with Gasteiger partial charge in [-0.25, -0.2) is 0 Å². The lowest BCUT2D eigenvalue weighted by atomic mass is 9.98. The lowest BCUT2D eigenvalue weighted by Gasteiger charge is -2.15. The molecule has 78 valence electrons. The predicted molar refractivity (Wildman–Crippen MR) is 61.7 cm³/mol. The molecule has 0 aliphatic carbocycles. The Labute approximate surface area is 94.2 Å². The fourth-order valence-corrected chi connectivity index (χ4v) is 2.20. The Kier molecular flexibility index (Phi) is 3.78. The number of rotatable bonds is 2. The van der Waals surface area contributed by atoms with Crippen molar-refractivity contribution in [2.24, 2.45) is 11.5 Å². The van der Waals surface area contributed by atoms with E-state index in [9.17, 15) is 0 Å². The maximum absolute atomic E-state index is 6.09. The Balaban J connectivity index is 3.55. The van der Waals surface area contributed by atoms with Crippen molar-refractivity contribution in [3.05, 3.63) is 32.3 Å². The van der Waals surface area contributed by atoms with Gasteiger partial charge in [0.15, 0.2) is 0 Å². The molecule has 1 rings (SSSR count). The summed E-state index contributed by atoms with van der Waals surface area (Å²) < 4.78 is 0. The van der Waals surface area contributed by atoms with E-state index in [1.54, 1.807) is 0 Å². The molecule has 0 amide bonds. The van der Waals surface area contributed by atoms with Crippen LogP contribution in [-0.4, -0.2) is 0 Å². The van der Waals surface area contributed by atoms with Gasteiger partial charge >= 0.3 is 0 Å². The van der Waals surface area contributed by atoms with Gasteiger partial charge in [0, 0.05) is 13.1 Å². The van der Waals surface area contributed by atoms with Crippen LogP contribution in [0.3, 0.4) is 0 Å². The monoisotopic (exact) mass is 232 g/mol. The van der Waals surface area contributed by atoms with Crippen molar-refractivity contribution < 1.29 is 0 Å². The first-order valence-electron chi connectivity index (χ1n) is 4.40. The number of hydrogen-bond acceptors (Lipinski definition) is 2. The standard InChI is InChI=1S/C10H14Cl2N2/c1-5-6(2)8(4-14)10(12)9(11)7(5)3-13/h3-4,13-14H2,1-2H3. The fraction of sp³-hybridized carbons (Fsp3) is 0.400. The summed E-state index contributed by atoms with van der Waals surface area (Å²) in [5.74, 6) is 0. The first-order valence-corrected chi connectivity index (χ1v) is 5.16. The van der Waals surface area contributed by atoms with Crippen molar-refractivity contribution in [2.75, 3.05) is 0 Å². The molecule has 0 radical (unpaired) electrons. The average Bonchev–Trinajstić information content (AvgIpc) is 2.17. The van der Waals surface area contributed by atoms with Crippen molar-refractivity contribution in [3.63, 3.8) is 0 Å². The summed E-state index contributed by atoms with van der Waals surface area (Å²) in [7, 11) is 0. The molecule has 0 fully saturated rings. The molecular formula is C10H14Cl2N2. The van der Waals surface area contributed by atoms with E-state index >= 15 is 0 Å². The molecule has 0 aliphatic heterocycles. The molecule has 2 nitrogen and oxygen atoms in total. The van der Waals surface area contributed by atoms with Crippen LogP contribution < -0.4 is 11.5 Å². The summed E-state index contributed by atoms with van der Waals surface area (Å²) in [5, 5.41) is 1.08. The molecule has 0 spiro atoms. The second-order valence-electron chi connectivity index (χ2n) is 3.24. The molecule has 4 heteroatoms. The van der Waals surface area contributed by atoms with E-state index in [0.717, 1.165) is 22.3 Å². The minimum absolute atomic E-state index is 0.399. The number of benzene rings is 1. The summed E-state index contributed by atoms with van der Waals surface area (Å²) in [6.07, 6.45) is 0. The highest BCUT2D eigenvalue weighted by molar-refractivity contribution is 6.43. The van der Waals surface area contributed by atoms with Crippen LogP contribution in [0, 0.1) is 13.8 Å². The van der Waals surface area contributed by atoms with Gasteiger partial charge in [-0.2, -0.15) is 0 Å². The smallest absolute Gasteiger partial charge is 0.0643 e. The molecule has 1 aromatic rings. The van der Waals surface area contributed by atoms with Crippen LogP contribution in [0.5, 0.6) is 0 Å². The molecule has 0 bridgehead atoms. The van der Waals surface area contributed by atoms with Crippen LogP contribution in [0.4, 0.5) is 0 Å². The average molecular weight is 233 g/mol. The van der Waals surface area contributed by atoms with E-state index in [2.05, 4.69) is 0 Å². The van der Waals surface area contributed by atoms with Gasteiger partial charge in [0.1, 0.15) is 0 Å². The molecule has 0 saturated heterocycles. The van der Waals surface area contributed by atoms with E-state index in [1.807, 2.05) is 13.8 Å². The lowest BCUT2D eigenvalue weighted by Crippen LogP contribution is -2.08. The molecule has 0 atom stereocenters. The molecule has 0 heterocycles. The Morgan fingerprint density at radius 2 is 1.14 bits per heavy atom. The maximum Gasteiger partial charge on any atom is 0.0643 e. The molecule has 14 heavy (non-hydrogen) atoms. The summed E-state index contributed by atoms with van der Waals surface area (Å²) >= 11 is 12.2. The highest BCUT2D eigenvalue weighted by Crippen LogP contribution is 2.34. The van der Waals surface area contributed by atoms with Gasteiger partial charge in [0.2, 0.25) is 0 Å². The SMILES string of the molecule is Cc1c(C)c(CN)c(Cl)c(Cl)c1CN. The van der Waals surface area contributed by atoms with Gasteiger partial charge in [-0.15, -0.1) is 0 Å². The van der Waals surface area contributed by atoms with E-state index in [0.29, 0.717) is 23.1 Å². The van der Waals surface area contributed by atoms with Crippen molar-refractivity contribution >= 4 is 23.2 Å². The van der Waals surface area contributed by atoms with E-state index < -0.39 is 0 Å². The highest BCUT2D eigenvalue weighted by Gasteiger charge is 2.15. The molecule has 0 aromatic heterocycles. The van der Waals surface area contributed by atoms with Gasteiger partial charge in [-0.3, -0.25) is 0 Å². The van der Waals surface area contributed by atoms with Crippen LogP contribution in [0.25, 0.3) is 0 Å². The summed E-state index contributed by atoms with van der Waals surface area (Å²) in [6, 6.07) is 0. The Morgan fingerprint density at radius 1 is 0.857 bits per heavy atom. The normalized spacial score (nSPS) is 10.7. The summed E-state index contributed by atoms with van der Waals surface area (Å²) in [5.41, 5.74) is 15.2.